The largest absolute Gasteiger partial charge is 0.462 e. The van der Waals surface area contributed by atoms with E-state index in [1.807, 2.05) is 0 Å². The predicted molar refractivity (Wildman–Crippen MR) is 73.9 cm³/mol. The van der Waals surface area contributed by atoms with Gasteiger partial charge in [0.15, 0.2) is 0 Å². The molecule has 1 heterocycles. The number of thiophene rings is 1. The highest BCUT2D eigenvalue weighted by atomic mass is 35.6. The van der Waals surface area contributed by atoms with Gasteiger partial charge in [-0.15, -0.1) is 11.3 Å². The van der Waals surface area contributed by atoms with Crippen LogP contribution < -0.4 is 5.32 Å². The first-order valence-corrected chi connectivity index (χ1v) is 6.86. The van der Waals surface area contributed by atoms with Gasteiger partial charge in [-0.3, -0.25) is 4.79 Å². The number of hydrogen-bond donors (Lipinski definition) is 1. The molecule has 0 aliphatic rings. The molecule has 0 radical (unpaired) electrons. The zero-order valence-electron chi connectivity index (χ0n) is 9.55. The summed E-state index contributed by atoms with van der Waals surface area (Å²) in [6, 6.07) is 1.61. The Balaban J connectivity index is 2.96. The van der Waals surface area contributed by atoms with Crippen LogP contribution in [0.1, 0.15) is 22.2 Å². The van der Waals surface area contributed by atoms with Crippen LogP contribution in [0.2, 0.25) is 0 Å². The third-order valence-electron chi connectivity index (χ3n) is 1.84. The Labute approximate surface area is 123 Å². The molecular weight excluding hydrogens is 321 g/mol. The first-order chi connectivity index (χ1) is 8.25. The molecule has 1 aromatic heterocycles. The van der Waals surface area contributed by atoms with Crippen molar-refractivity contribution in [2.24, 2.45) is 0 Å². The van der Waals surface area contributed by atoms with Crippen molar-refractivity contribution in [1.82, 2.24) is 0 Å². The number of esters is 1. The van der Waals surface area contributed by atoms with Crippen LogP contribution >= 0.6 is 46.1 Å². The molecule has 1 amide bonds. The average molecular weight is 331 g/mol. The summed E-state index contributed by atoms with van der Waals surface area (Å²) in [5.74, 6) is -1.35. The molecule has 1 aromatic rings. The third kappa shape index (κ3) is 4.02. The number of hydrogen-bond acceptors (Lipinski definition) is 4. The van der Waals surface area contributed by atoms with E-state index in [2.05, 4.69) is 5.32 Å². The van der Waals surface area contributed by atoms with Crippen molar-refractivity contribution in [3.8, 4) is 0 Å². The molecule has 0 aliphatic carbocycles. The maximum absolute atomic E-state index is 11.6. The third-order valence-corrected chi connectivity index (χ3v) is 3.32. The molecule has 1 N–H and O–H groups in total. The van der Waals surface area contributed by atoms with Crippen molar-refractivity contribution in [2.45, 2.75) is 17.6 Å². The Bertz CT molecular complexity index is 467. The minimum atomic E-state index is -2.08. The molecule has 4 nitrogen and oxygen atoms in total. The van der Waals surface area contributed by atoms with Gasteiger partial charge in [-0.1, -0.05) is 34.8 Å². The summed E-state index contributed by atoms with van der Waals surface area (Å²) in [4.78, 5) is 24.0. The van der Waals surface area contributed by atoms with E-state index in [0.717, 1.165) is 4.88 Å². The smallest absolute Gasteiger partial charge is 0.341 e. The second-order valence-corrected chi connectivity index (χ2v) is 6.81. The number of halogens is 3. The lowest BCUT2D eigenvalue weighted by Crippen LogP contribution is -2.27. The Hall–Kier alpha value is -0.490. The van der Waals surface area contributed by atoms with Gasteiger partial charge in [0.2, 0.25) is 0 Å². The Morgan fingerprint density at radius 2 is 2.06 bits per heavy atom. The van der Waals surface area contributed by atoms with Crippen molar-refractivity contribution in [3.05, 3.63) is 16.5 Å². The van der Waals surface area contributed by atoms with Gasteiger partial charge in [0.1, 0.15) is 5.00 Å². The molecule has 0 spiro atoms. The zero-order chi connectivity index (χ0) is 13.9. The van der Waals surface area contributed by atoms with E-state index in [1.54, 1.807) is 19.9 Å². The van der Waals surface area contributed by atoms with Crippen LogP contribution in [0.4, 0.5) is 5.00 Å². The zero-order valence-corrected chi connectivity index (χ0v) is 12.6. The number of anilines is 1. The Morgan fingerprint density at radius 3 is 2.56 bits per heavy atom. The molecule has 0 aliphatic heterocycles. The molecule has 18 heavy (non-hydrogen) atoms. The summed E-state index contributed by atoms with van der Waals surface area (Å²) in [6.45, 7) is 3.72. The van der Waals surface area contributed by atoms with Crippen molar-refractivity contribution in [1.29, 1.82) is 0 Å². The minimum Gasteiger partial charge on any atom is -0.462 e. The summed E-state index contributed by atoms with van der Waals surface area (Å²) in [7, 11) is 0. The maximum atomic E-state index is 11.6. The van der Waals surface area contributed by atoms with Crippen molar-refractivity contribution < 1.29 is 14.3 Å². The highest BCUT2D eigenvalue weighted by Gasteiger charge is 2.32. The average Bonchev–Trinajstić information content (AvgIpc) is 2.58. The number of alkyl halides is 3. The first-order valence-electron chi connectivity index (χ1n) is 4.91. The Morgan fingerprint density at radius 1 is 1.44 bits per heavy atom. The number of rotatable bonds is 3. The molecule has 100 valence electrons. The number of nitrogens with one attached hydrogen (secondary N) is 1. The van der Waals surface area contributed by atoms with Crippen molar-refractivity contribution >= 4 is 63.0 Å². The fourth-order valence-electron chi connectivity index (χ4n) is 1.14. The molecular formula is C10H10Cl3NO3S. The van der Waals surface area contributed by atoms with Gasteiger partial charge in [0.05, 0.1) is 12.2 Å². The van der Waals surface area contributed by atoms with Crippen LogP contribution in [0.15, 0.2) is 6.07 Å². The predicted octanol–water partition coefficient (Wildman–Crippen LogP) is 3.54. The highest BCUT2D eigenvalue weighted by Crippen LogP contribution is 2.32. The van der Waals surface area contributed by atoms with E-state index in [4.69, 9.17) is 39.5 Å². The second kappa shape index (κ2) is 6.10. The lowest BCUT2D eigenvalue weighted by molar-refractivity contribution is -0.115. The number of carbonyl (C=O) groups is 2. The summed E-state index contributed by atoms with van der Waals surface area (Å²) in [6.07, 6.45) is 0. The van der Waals surface area contributed by atoms with Crippen LogP contribution in [-0.2, 0) is 9.53 Å². The van der Waals surface area contributed by atoms with E-state index in [-0.39, 0.29) is 12.2 Å². The van der Waals surface area contributed by atoms with Crippen LogP contribution in [-0.4, -0.2) is 22.3 Å². The van der Waals surface area contributed by atoms with E-state index in [1.165, 1.54) is 11.3 Å². The van der Waals surface area contributed by atoms with Gasteiger partial charge < -0.3 is 10.1 Å². The standard InChI is InChI=1S/C10H10Cl3NO3S/c1-3-17-8(15)6-4-5(2)18-7(6)14-9(16)10(11,12)13/h4H,3H2,1-2H3,(H,14,16). The number of carbonyl (C=O) groups excluding carboxylic acids is 2. The SMILES string of the molecule is CCOC(=O)c1cc(C)sc1NC(=O)C(Cl)(Cl)Cl. The molecule has 8 heteroatoms. The summed E-state index contributed by atoms with van der Waals surface area (Å²) in [5.41, 5.74) is 0.252. The van der Waals surface area contributed by atoms with Crippen LogP contribution in [0, 0.1) is 6.92 Å². The molecule has 1 rings (SSSR count). The van der Waals surface area contributed by atoms with Crippen molar-refractivity contribution in [2.75, 3.05) is 11.9 Å². The molecule has 0 bridgehead atoms. The number of ether oxygens (including phenoxy) is 1. The van der Waals surface area contributed by atoms with Gasteiger partial charge in [0.25, 0.3) is 9.70 Å². The fourth-order valence-corrected chi connectivity index (χ4v) is 2.18. The summed E-state index contributed by atoms with van der Waals surface area (Å²) >= 11 is 17.5. The molecule has 0 saturated carbocycles. The monoisotopic (exact) mass is 329 g/mol. The van der Waals surface area contributed by atoms with E-state index >= 15 is 0 Å². The van der Waals surface area contributed by atoms with Crippen LogP contribution in [0.3, 0.4) is 0 Å². The summed E-state index contributed by atoms with van der Waals surface area (Å²) < 4.78 is 2.79. The molecule has 0 fully saturated rings. The van der Waals surface area contributed by atoms with E-state index in [0.29, 0.717) is 5.00 Å². The topological polar surface area (TPSA) is 55.4 Å². The molecule has 0 aromatic carbocycles. The molecule has 0 unspecified atom stereocenters. The summed E-state index contributed by atoms with van der Waals surface area (Å²) in [5, 5.41) is 2.70. The van der Waals surface area contributed by atoms with Gasteiger partial charge in [-0.2, -0.15) is 0 Å². The van der Waals surface area contributed by atoms with Crippen LogP contribution in [0.25, 0.3) is 0 Å². The first kappa shape index (κ1) is 15.6. The lowest BCUT2D eigenvalue weighted by atomic mass is 10.3. The number of aryl methyl sites for hydroxylation is 1. The molecule has 0 atom stereocenters. The van der Waals surface area contributed by atoms with E-state index in [9.17, 15) is 9.59 Å². The normalized spacial score (nSPS) is 11.2. The van der Waals surface area contributed by atoms with Gasteiger partial charge in [-0.25, -0.2) is 4.79 Å². The van der Waals surface area contributed by atoms with Gasteiger partial charge >= 0.3 is 5.97 Å². The highest BCUT2D eigenvalue weighted by molar-refractivity contribution is 7.16. The fraction of sp³-hybridized carbons (Fsp3) is 0.400. The maximum Gasteiger partial charge on any atom is 0.341 e. The molecule has 0 saturated heterocycles. The van der Waals surface area contributed by atoms with Crippen LogP contribution in [0.5, 0.6) is 0 Å². The van der Waals surface area contributed by atoms with E-state index < -0.39 is 15.7 Å². The Kier molecular flexibility index (Phi) is 5.28. The van der Waals surface area contributed by atoms with Crippen molar-refractivity contribution in [3.63, 3.8) is 0 Å². The van der Waals surface area contributed by atoms with Gasteiger partial charge in [0, 0.05) is 4.88 Å². The lowest BCUT2D eigenvalue weighted by Gasteiger charge is -2.11. The minimum absolute atomic E-state index is 0.242. The quantitative estimate of drug-likeness (QED) is 0.681. The second-order valence-electron chi connectivity index (χ2n) is 3.27. The van der Waals surface area contributed by atoms with Gasteiger partial charge in [-0.05, 0) is 19.9 Å². The number of amides is 1.